The maximum atomic E-state index is 12.7. The molecule has 0 saturated carbocycles. The highest BCUT2D eigenvalue weighted by atomic mass is 16.2. The molecule has 6 nitrogen and oxygen atoms in total. The van der Waals surface area contributed by atoms with Crippen LogP contribution in [-0.4, -0.2) is 57.3 Å². The minimum atomic E-state index is 0.0460. The van der Waals surface area contributed by atoms with E-state index in [1.165, 1.54) is 5.56 Å². The lowest BCUT2D eigenvalue weighted by Gasteiger charge is -2.35. The Hall–Kier alpha value is -3.15. The van der Waals surface area contributed by atoms with Crippen molar-refractivity contribution in [3.8, 4) is 0 Å². The number of rotatable bonds is 5. The minimum Gasteiger partial charge on any atom is -0.339 e. The summed E-state index contributed by atoms with van der Waals surface area (Å²) in [4.78, 5) is 33.4. The Kier molecular flexibility index (Phi) is 5.60. The molecule has 4 rings (SSSR count). The lowest BCUT2D eigenvalue weighted by atomic mass is 10.1. The number of fused-ring (bicyclic) bond motifs is 1. The van der Waals surface area contributed by atoms with E-state index in [0.717, 1.165) is 17.5 Å². The molecule has 0 bridgehead atoms. The summed E-state index contributed by atoms with van der Waals surface area (Å²) in [5.41, 5.74) is 3.93. The predicted octanol–water partition coefficient (Wildman–Crippen LogP) is 2.97. The number of nitrogens with zero attached hydrogens (tertiary/aromatic N) is 4. The molecule has 3 aromatic rings. The molecular weight excluding hydrogens is 364 g/mol. The van der Waals surface area contributed by atoms with E-state index < -0.39 is 0 Å². The standard InChI is InChI=1S/C23H26N4O2/c1-2-18-7-9-19(10-8-18)23(29)26-15-13-25(14-16-26)22(28)11-12-27-17-24-20-5-3-4-6-21(20)27/h3-10,17H,2,11-16H2,1H3. The van der Waals surface area contributed by atoms with Crippen LogP contribution in [0, 0.1) is 0 Å². The molecule has 6 heteroatoms. The van der Waals surface area contributed by atoms with Crippen LogP contribution in [0.5, 0.6) is 0 Å². The van der Waals surface area contributed by atoms with Crippen LogP contribution < -0.4 is 0 Å². The summed E-state index contributed by atoms with van der Waals surface area (Å²) in [6.07, 6.45) is 3.19. The summed E-state index contributed by atoms with van der Waals surface area (Å²) < 4.78 is 2.02. The zero-order valence-electron chi connectivity index (χ0n) is 16.8. The zero-order valence-corrected chi connectivity index (χ0v) is 16.8. The van der Waals surface area contributed by atoms with Crippen molar-refractivity contribution in [2.75, 3.05) is 26.2 Å². The molecular formula is C23H26N4O2. The summed E-state index contributed by atoms with van der Waals surface area (Å²) in [6, 6.07) is 15.7. The van der Waals surface area contributed by atoms with Crippen molar-refractivity contribution in [2.24, 2.45) is 0 Å². The first-order chi connectivity index (χ1) is 14.2. The van der Waals surface area contributed by atoms with E-state index in [1.807, 2.05) is 62.9 Å². The average Bonchev–Trinajstić information content (AvgIpc) is 3.20. The number of carbonyl (C=O) groups excluding carboxylic acids is 2. The van der Waals surface area contributed by atoms with Crippen LogP contribution in [-0.2, 0) is 17.8 Å². The molecule has 0 aliphatic carbocycles. The molecule has 0 spiro atoms. The number of aromatic nitrogens is 2. The monoisotopic (exact) mass is 390 g/mol. The van der Waals surface area contributed by atoms with Gasteiger partial charge in [-0.25, -0.2) is 4.98 Å². The lowest BCUT2D eigenvalue weighted by molar-refractivity contribution is -0.132. The highest BCUT2D eigenvalue weighted by Crippen LogP contribution is 2.14. The third-order valence-corrected chi connectivity index (χ3v) is 5.62. The van der Waals surface area contributed by atoms with Crippen molar-refractivity contribution in [1.82, 2.24) is 19.4 Å². The van der Waals surface area contributed by atoms with Gasteiger partial charge in [0, 0.05) is 44.7 Å². The van der Waals surface area contributed by atoms with E-state index in [4.69, 9.17) is 0 Å². The summed E-state index contributed by atoms with van der Waals surface area (Å²) in [5, 5.41) is 0. The van der Waals surface area contributed by atoms with E-state index >= 15 is 0 Å². The van der Waals surface area contributed by atoms with Gasteiger partial charge >= 0.3 is 0 Å². The molecule has 29 heavy (non-hydrogen) atoms. The minimum absolute atomic E-state index is 0.0460. The van der Waals surface area contributed by atoms with Gasteiger partial charge in [-0.2, -0.15) is 0 Å². The Morgan fingerprint density at radius 3 is 2.34 bits per heavy atom. The molecule has 2 amide bonds. The van der Waals surface area contributed by atoms with E-state index in [9.17, 15) is 9.59 Å². The van der Waals surface area contributed by atoms with E-state index in [-0.39, 0.29) is 11.8 Å². The first-order valence-electron chi connectivity index (χ1n) is 10.2. The van der Waals surface area contributed by atoms with Crippen molar-refractivity contribution < 1.29 is 9.59 Å². The van der Waals surface area contributed by atoms with Crippen LogP contribution in [0.3, 0.4) is 0 Å². The lowest BCUT2D eigenvalue weighted by Crippen LogP contribution is -2.50. The first-order valence-corrected chi connectivity index (χ1v) is 10.2. The van der Waals surface area contributed by atoms with Crippen molar-refractivity contribution in [3.05, 3.63) is 66.0 Å². The van der Waals surface area contributed by atoms with E-state index in [0.29, 0.717) is 44.7 Å². The van der Waals surface area contributed by atoms with E-state index in [2.05, 4.69) is 11.9 Å². The fourth-order valence-electron chi connectivity index (χ4n) is 3.79. The van der Waals surface area contributed by atoms with Crippen LogP contribution in [0.15, 0.2) is 54.9 Å². The van der Waals surface area contributed by atoms with Crippen LogP contribution >= 0.6 is 0 Å². The van der Waals surface area contributed by atoms with E-state index in [1.54, 1.807) is 6.33 Å². The molecule has 1 fully saturated rings. The Balaban J connectivity index is 1.29. The normalized spacial score (nSPS) is 14.4. The number of hydrogen-bond acceptors (Lipinski definition) is 3. The van der Waals surface area contributed by atoms with Gasteiger partial charge in [-0.3, -0.25) is 9.59 Å². The van der Waals surface area contributed by atoms with Crippen molar-refractivity contribution in [1.29, 1.82) is 0 Å². The van der Waals surface area contributed by atoms with Crippen molar-refractivity contribution >= 4 is 22.8 Å². The summed E-state index contributed by atoms with van der Waals surface area (Å²) in [7, 11) is 0. The maximum Gasteiger partial charge on any atom is 0.253 e. The number of imidazole rings is 1. The van der Waals surface area contributed by atoms with Gasteiger partial charge in [0.2, 0.25) is 5.91 Å². The van der Waals surface area contributed by atoms with Gasteiger partial charge in [0.25, 0.3) is 5.91 Å². The average molecular weight is 390 g/mol. The van der Waals surface area contributed by atoms with Crippen molar-refractivity contribution in [3.63, 3.8) is 0 Å². The van der Waals surface area contributed by atoms with Gasteiger partial charge < -0.3 is 14.4 Å². The number of hydrogen-bond donors (Lipinski definition) is 0. The molecule has 0 atom stereocenters. The highest BCUT2D eigenvalue weighted by molar-refractivity contribution is 5.94. The SMILES string of the molecule is CCc1ccc(C(=O)N2CCN(C(=O)CCn3cnc4ccccc43)CC2)cc1. The Morgan fingerprint density at radius 2 is 1.62 bits per heavy atom. The predicted molar refractivity (Wildman–Crippen MR) is 113 cm³/mol. The summed E-state index contributed by atoms with van der Waals surface area (Å²) >= 11 is 0. The Bertz CT molecular complexity index is 1000. The van der Waals surface area contributed by atoms with Gasteiger partial charge in [-0.05, 0) is 36.2 Å². The van der Waals surface area contributed by atoms with Gasteiger partial charge in [0.1, 0.15) is 0 Å². The molecule has 1 aliphatic heterocycles. The Morgan fingerprint density at radius 1 is 0.931 bits per heavy atom. The van der Waals surface area contributed by atoms with Crippen LogP contribution in [0.2, 0.25) is 0 Å². The van der Waals surface area contributed by atoms with Crippen molar-refractivity contribution in [2.45, 2.75) is 26.3 Å². The highest BCUT2D eigenvalue weighted by Gasteiger charge is 2.24. The molecule has 0 N–H and O–H groups in total. The fraction of sp³-hybridized carbons (Fsp3) is 0.348. The zero-order chi connectivity index (χ0) is 20.2. The van der Waals surface area contributed by atoms with Crippen LogP contribution in [0.25, 0.3) is 11.0 Å². The molecule has 150 valence electrons. The van der Waals surface area contributed by atoms with Gasteiger partial charge in [-0.15, -0.1) is 0 Å². The maximum absolute atomic E-state index is 12.7. The molecule has 0 unspecified atom stereocenters. The third kappa shape index (κ3) is 4.16. The van der Waals surface area contributed by atoms with Gasteiger partial charge in [0.05, 0.1) is 17.4 Å². The summed E-state index contributed by atoms with van der Waals surface area (Å²) in [6.45, 7) is 5.04. The van der Waals surface area contributed by atoms with Crippen LogP contribution in [0.4, 0.5) is 0 Å². The second-order valence-corrected chi connectivity index (χ2v) is 7.40. The number of carbonyl (C=O) groups is 2. The fourth-order valence-corrected chi connectivity index (χ4v) is 3.79. The number of para-hydroxylation sites is 2. The smallest absolute Gasteiger partial charge is 0.253 e. The molecule has 0 radical (unpaired) electrons. The third-order valence-electron chi connectivity index (χ3n) is 5.62. The largest absolute Gasteiger partial charge is 0.339 e. The quantitative estimate of drug-likeness (QED) is 0.673. The summed E-state index contributed by atoms with van der Waals surface area (Å²) in [5.74, 6) is 0.173. The molecule has 2 aromatic carbocycles. The second kappa shape index (κ2) is 8.47. The topological polar surface area (TPSA) is 58.4 Å². The number of benzene rings is 2. The number of piperazine rings is 1. The second-order valence-electron chi connectivity index (χ2n) is 7.40. The first kappa shape index (κ1) is 19.2. The van der Waals surface area contributed by atoms with Gasteiger partial charge in [-0.1, -0.05) is 31.2 Å². The Labute approximate surface area is 170 Å². The number of aryl methyl sites for hydroxylation is 2. The number of amides is 2. The molecule has 2 heterocycles. The van der Waals surface area contributed by atoms with Gasteiger partial charge in [0.15, 0.2) is 0 Å². The molecule has 1 aromatic heterocycles. The molecule has 1 saturated heterocycles. The molecule has 1 aliphatic rings. The van der Waals surface area contributed by atoms with Crippen LogP contribution in [0.1, 0.15) is 29.3 Å².